The predicted octanol–water partition coefficient (Wildman–Crippen LogP) is 7.36. The van der Waals surface area contributed by atoms with E-state index in [-0.39, 0.29) is 0 Å². The van der Waals surface area contributed by atoms with Crippen molar-refractivity contribution in [1.29, 1.82) is 0 Å². The second-order valence-corrected chi connectivity index (χ2v) is 10.3. The lowest BCUT2D eigenvalue weighted by Gasteiger charge is -2.33. The Bertz CT molecular complexity index is 724. The lowest BCUT2D eigenvalue weighted by atomic mass is 9.90. The van der Waals surface area contributed by atoms with Crippen molar-refractivity contribution in [1.82, 2.24) is 0 Å². The van der Waals surface area contributed by atoms with Crippen LogP contribution in [0.3, 0.4) is 0 Å². The molecule has 3 heteroatoms. The molecule has 2 fully saturated rings. The summed E-state index contributed by atoms with van der Waals surface area (Å²) in [6.45, 7) is 0. The summed E-state index contributed by atoms with van der Waals surface area (Å²) in [5.41, 5.74) is 2.28. The van der Waals surface area contributed by atoms with Crippen molar-refractivity contribution in [2.45, 2.75) is 86.5 Å². The quantitative estimate of drug-likeness (QED) is 0.517. The molecular weight excluding hydrogens is 376 g/mol. The summed E-state index contributed by atoms with van der Waals surface area (Å²) in [5, 5.41) is 22.2. The van der Waals surface area contributed by atoms with Crippen molar-refractivity contribution >= 4 is 11.8 Å². The third-order valence-corrected chi connectivity index (χ3v) is 8.75. The summed E-state index contributed by atoms with van der Waals surface area (Å²) in [6, 6.07) is 15.9. The normalized spacial score (nSPS) is 28.4. The van der Waals surface area contributed by atoms with Gasteiger partial charge in [0.15, 0.2) is 0 Å². The fraction of sp³-hybridized carbons (Fsp3) is 0.538. The molecule has 0 heterocycles. The van der Waals surface area contributed by atoms with E-state index >= 15 is 0 Å². The summed E-state index contributed by atoms with van der Waals surface area (Å²) < 4.78 is 0. The number of hydrogen-bond donors (Lipinski definition) is 2. The Labute approximate surface area is 179 Å². The molecular formula is C26H34O2S. The van der Waals surface area contributed by atoms with E-state index in [2.05, 4.69) is 36.0 Å². The Morgan fingerprint density at radius 1 is 0.552 bits per heavy atom. The summed E-state index contributed by atoms with van der Waals surface area (Å²) in [4.78, 5) is 0. The van der Waals surface area contributed by atoms with Crippen LogP contribution >= 0.6 is 11.8 Å². The molecule has 0 spiro atoms. The maximum Gasteiger partial charge on any atom is 0.119 e. The van der Waals surface area contributed by atoms with Crippen molar-refractivity contribution in [2.75, 3.05) is 0 Å². The zero-order valence-corrected chi connectivity index (χ0v) is 18.1. The number of benzene rings is 2. The van der Waals surface area contributed by atoms with Gasteiger partial charge in [0.2, 0.25) is 0 Å². The molecule has 4 atom stereocenters. The van der Waals surface area contributed by atoms with E-state index in [1.54, 1.807) is 0 Å². The van der Waals surface area contributed by atoms with Gasteiger partial charge in [0.25, 0.3) is 0 Å². The largest absolute Gasteiger partial charge is 0.508 e. The Balaban J connectivity index is 1.61. The van der Waals surface area contributed by atoms with Gasteiger partial charge in [-0.2, -0.15) is 11.8 Å². The van der Waals surface area contributed by atoms with Crippen LogP contribution in [0, 0.1) is 0 Å². The number of rotatable bonds is 4. The molecule has 0 aromatic heterocycles. The summed E-state index contributed by atoms with van der Waals surface area (Å²) in [7, 11) is 0. The molecule has 2 aromatic rings. The van der Waals surface area contributed by atoms with Gasteiger partial charge in [0.05, 0.1) is 0 Å². The van der Waals surface area contributed by atoms with E-state index in [4.69, 9.17) is 0 Å². The van der Waals surface area contributed by atoms with E-state index in [1.165, 1.54) is 64.2 Å². The maximum atomic E-state index is 10.5. The van der Waals surface area contributed by atoms with E-state index in [0.29, 0.717) is 33.8 Å². The number of hydrogen-bond acceptors (Lipinski definition) is 3. The molecule has 2 aromatic carbocycles. The number of thioether (sulfide) groups is 1. The highest BCUT2D eigenvalue weighted by Gasteiger charge is 2.34. The Hall–Kier alpha value is -1.61. The molecule has 0 bridgehead atoms. The van der Waals surface area contributed by atoms with Crippen LogP contribution in [0.2, 0.25) is 0 Å². The maximum absolute atomic E-state index is 10.5. The number of para-hydroxylation sites is 2. The summed E-state index contributed by atoms with van der Waals surface area (Å²) >= 11 is 2.17. The SMILES string of the molecule is Oc1ccccc1C1CCCCCC1SC1CCCCCC1c1ccccc1O. The molecule has 2 aliphatic rings. The van der Waals surface area contributed by atoms with E-state index < -0.39 is 0 Å². The number of phenolic OH excluding ortho intramolecular Hbond substituents is 2. The number of phenols is 2. The van der Waals surface area contributed by atoms with Gasteiger partial charge in [-0.1, -0.05) is 74.9 Å². The van der Waals surface area contributed by atoms with Crippen LogP contribution in [0.5, 0.6) is 11.5 Å². The van der Waals surface area contributed by atoms with Crippen molar-refractivity contribution in [3.8, 4) is 11.5 Å². The highest BCUT2D eigenvalue weighted by molar-refractivity contribution is 8.00. The van der Waals surface area contributed by atoms with E-state index in [1.807, 2.05) is 24.3 Å². The van der Waals surface area contributed by atoms with Crippen LogP contribution in [-0.2, 0) is 0 Å². The minimum absolute atomic E-state index is 0.428. The van der Waals surface area contributed by atoms with E-state index in [9.17, 15) is 10.2 Å². The van der Waals surface area contributed by atoms with Gasteiger partial charge in [0, 0.05) is 10.5 Å². The molecule has 2 N–H and O–H groups in total. The van der Waals surface area contributed by atoms with Crippen LogP contribution in [0.15, 0.2) is 48.5 Å². The van der Waals surface area contributed by atoms with Gasteiger partial charge in [0.1, 0.15) is 11.5 Å². The minimum Gasteiger partial charge on any atom is -0.508 e. The van der Waals surface area contributed by atoms with Crippen LogP contribution in [0.4, 0.5) is 0 Å². The van der Waals surface area contributed by atoms with Crippen molar-refractivity contribution < 1.29 is 10.2 Å². The molecule has 29 heavy (non-hydrogen) atoms. The Kier molecular flexibility index (Phi) is 7.07. The molecule has 0 radical (unpaired) electrons. The fourth-order valence-electron chi connectivity index (χ4n) is 5.41. The van der Waals surface area contributed by atoms with Crippen LogP contribution in [0.25, 0.3) is 0 Å². The fourth-order valence-corrected chi connectivity index (χ4v) is 7.41. The Morgan fingerprint density at radius 2 is 0.966 bits per heavy atom. The van der Waals surface area contributed by atoms with Gasteiger partial charge >= 0.3 is 0 Å². The van der Waals surface area contributed by atoms with Crippen molar-refractivity contribution in [3.63, 3.8) is 0 Å². The molecule has 4 unspecified atom stereocenters. The highest BCUT2D eigenvalue weighted by atomic mass is 32.2. The summed E-state index contributed by atoms with van der Waals surface area (Å²) in [6.07, 6.45) is 12.5. The second kappa shape index (κ2) is 9.93. The van der Waals surface area contributed by atoms with Gasteiger partial charge in [-0.15, -0.1) is 0 Å². The van der Waals surface area contributed by atoms with Crippen molar-refractivity contribution in [2.24, 2.45) is 0 Å². The minimum atomic E-state index is 0.428. The van der Waals surface area contributed by atoms with Gasteiger partial charge < -0.3 is 10.2 Å². The lowest BCUT2D eigenvalue weighted by molar-refractivity contribution is 0.453. The first-order valence-corrected chi connectivity index (χ1v) is 12.4. The standard InChI is InChI=1S/C26H34O2S/c27-23-15-9-7-11-19(23)21-13-3-1-5-17-25(21)29-26-18-6-2-4-14-22(26)20-12-8-10-16-24(20)28/h7-12,15-16,21-22,25-28H,1-6,13-14,17-18H2. The molecule has 4 rings (SSSR count). The zero-order chi connectivity index (χ0) is 20.1. The smallest absolute Gasteiger partial charge is 0.119 e. The van der Waals surface area contributed by atoms with E-state index in [0.717, 1.165) is 11.1 Å². The third-order valence-electron chi connectivity index (χ3n) is 6.93. The first-order chi connectivity index (χ1) is 14.2. The van der Waals surface area contributed by atoms with Crippen molar-refractivity contribution in [3.05, 3.63) is 59.7 Å². The molecule has 2 aliphatic carbocycles. The zero-order valence-electron chi connectivity index (χ0n) is 17.3. The third kappa shape index (κ3) is 4.94. The molecule has 0 aliphatic heterocycles. The molecule has 2 saturated carbocycles. The van der Waals surface area contributed by atoms with Gasteiger partial charge in [-0.3, -0.25) is 0 Å². The topological polar surface area (TPSA) is 40.5 Å². The molecule has 0 saturated heterocycles. The molecule has 2 nitrogen and oxygen atoms in total. The summed E-state index contributed by atoms with van der Waals surface area (Å²) in [5.74, 6) is 1.78. The van der Waals surface area contributed by atoms with Crippen LogP contribution in [-0.4, -0.2) is 20.7 Å². The molecule has 156 valence electrons. The highest BCUT2D eigenvalue weighted by Crippen LogP contribution is 2.49. The van der Waals surface area contributed by atoms with Gasteiger partial charge in [-0.05, 0) is 60.8 Å². The molecule has 0 amide bonds. The second-order valence-electron chi connectivity index (χ2n) is 8.82. The first kappa shape index (κ1) is 20.7. The first-order valence-electron chi connectivity index (χ1n) is 11.5. The number of aromatic hydroxyl groups is 2. The average molecular weight is 411 g/mol. The van der Waals surface area contributed by atoms with Gasteiger partial charge in [-0.25, -0.2) is 0 Å². The Morgan fingerprint density at radius 3 is 1.41 bits per heavy atom. The van der Waals surface area contributed by atoms with Crippen LogP contribution < -0.4 is 0 Å². The predicted molar refractivity (Wildman–Crippen MR) is 123 cm³/mol. The monoisotopic (exact) mass is 410 g/mol. The van der Waals surface area contributed by atoms with Crippen LogP contribution in [0.1, 0.15) is 87.2 Å². The average Bonchev–Trinajstić information content (AvgIpc) is 3.10. The lowest BCUT2D eigenvalue weighted by Crippen LogP contribution is -2.22.